The normalized spacial score (nSPS) is 41.3. The Morgan fingerprint density at radius 3 is 2.62 bits per heavy atom. The highest BCUT2D eigenvalue weighted by molar-refractivity contribution is 5.04. The fourth-order valence-corrected chi connectivity index (χ4v) is 2.52. The summed E-state index contributed by atoms with van der Waals surface area (Å²) in [7, 11) is 1.96. The Kier molecular flexibility index (Phi) is 2.34. The van der Waals surface area contributed by atoms with E-state index in [1.165, 1.54) is 12.8 Å². The fourth-order valence-electron chi connectivity index (χ4n) is 2.52. The molecule has 2 N–H and O–H groups in total. The van der Waals surface area contributed by atoms with E-state index in [-0.39, 0.29) is 12.1 Å². The van der Waals surface area contributed by atoms with Gasteiger partial charge in [0.15, 0.2) is 0 Å². The Bertz CT molecular complexity index is 187. The molecule has 3 heteroatoms. The molecule has 2 fully saturated rings. The molecule has 1 heterocycles. The second-order valence-corrected chi connectivity index (χ2v) is 4.65. The van der Waals surface area contributed by atoms with Crippen LogP contribution < -0.4 is 5.32 Å². The van der Waals surface area contributed by atoms with Crippen LogP contribution in [0, 0.1) is 0 Å². The van der Waals surface area contributed by atoms with E-state index in [1.807, 2.05) is 7.05 Å². The van der Waals surface area contributed by atoms with Gasteiger partial charge in [-0.25, -0.2) is 0 Å². The van der Waals surface area contributed by atoms with Crippen LogP contribution in [0.5, 0.6) is 0 Å². The Morgan fingerprint density at radius 1 is 1.54 bits per heavy atom. The first kappa shape index (κ1) is 9.44. The van der Waals surface area contributed by atoms with E-state index in [0.29, 0.717) is 6.04 Å². The molecule has 2 aliphatic rings. The van der Waals surface area contributed by atoms with Crippen molar-refractivity contribution in [3.05, 3.63) is 0 Å². The van der Waals surface area contributed by atoms with Gasteiger partial charge in [-0.05, 0) is 33.2 Å². The van der Waals surface area contributed by atoms with Gasteiger partial charge < -0.3 is 10.4 Å². The predicted molar refractivity (Wildman–Crippen MR) is 52.7 cm³/mol. The van der Waals surface area contributed by atoms with Crippen molar-refractivity contribution >= 4 is 0 Å². The molecule has 0 aromatic carbocycles. The topological polar surface area (TPSA) is 35.5 Å². The standard InChI is InChI=1S/C10H20N2O/c1-8-5-10(7-13,11-2)6-12(8)9-3-4-9/h8-9,11,13H,3-7H2,1-2H3. The van der Waals surface area contributed by atoms with Crippen molar-refractivity contribution < 1.29 is 5.11 Å². The van der Waals surface area contributed by atoms with Crippen LogP contribution in [-0.2, 0) is 0 Å². The molecular weight excluding hydrogens is 164 g/mol. The van der Waals surface area contributed by atoms with Crippen LogP contribution in [-0.4, -0.2) is 47.8 Å². The zero-order valence-corrected chi connectivity index (χ0v) is 8.58. The molecule has 2 atom stereocenters. The zero-order valence-electron chi connectivity index (χ0n) is 8.58. The molecule has 2 unspecified atom stereocenters. The lowest BCUT2D eigenvalue weighted by Gasteiger charge is -2.26. The smallest absolute Gasteiger partial charge is 0.0626 e. The average Bonchev–Trinajstić information content (AvgIpc) is 2.91. The van der Waals surface area contributed by atoms with E-state index in [2.05, 4.69) is 17.1 Å². The number of rotatable bonds is 3. The highest BCUT2D eigenvalue weighted by Crippen LogP contribution is 2.36. The quantitative estimate of drug-likeness (QED) is 0.657. The molecule has 1 aliphatic carbocycles. The second-order valence-electron chi connectivity index (χ2n) is 4.65. The minimum Gasteiger partial charge on any atom is -0.394 e. The summed E-state index contributed by atoms with van der Waals surface area (Å²) < 4.78 is 0. The van der Waals surface area contributed by atoms with Gasteiger partial charge in [-0.1, -0.05) is 0 Å². The van der Waals surface area contributed by atoms with Gasteiger partial charge in [0, 0.05) is 18.6 Å². The summed E-state index contributed by atoms with van der Waals surface area (Å²) in [6, 6.07) is 1.45. The number of aliphatic hydroxyl groups excluding tert-OH is 1. The predicted octanol–water partition coefficient (Wildman–Crippen LogP) is 0.193. The Morgan fingerprint density at radius 2 is 2.23 bits per heavy atom. The molecular formula is C10H20N2O. The first-order valence-electron chi connectivity index (χ1n) is 5.26. The van der Waals surface area contributed by atoms with E-state index in [4.69, 9.17) is 0 Å². The highest BCUT2D eigenvalue weighted by atomic mass is 16.3. The third-order valence-electron chi connectivity index (χ3n) is 3.59. The number of nitrogens with zero attached hydrogens (tertiary/aromatic N) is 1. The second kappa shape index (κ2) is 3.23. The summed E-state index contributed by atoms with van der Waals surface area (Å²) in [5, 5.41) is 12.6. The van der Waals surface area contributed by atoms with Crippen molar-refractivity contribution in [2.75, 3.05) is 20.2 Å². The minimum atomic E-state index is -0.0258. The van der Waals surface area contributed by atoms with Gasteiger partial charge >= 0.3 is 0 Å². The molecule has 1 aliphatic heterocycles. The van der Waals surface area contributed by atoms with Gasteiger partial charge in [-0.2, -0.15) is 0 Å². The zero-order chi connectivity index (χ0) is 9.47. The molecule has 0 bridgehead atoms. The largest absolute Gasteiger partial charge is 0.394 e. The van der Waals surface area contributed by atoms with Crippen molar-refractivity contribution in [2.45, 2.75) is 43.8 Å². The summed E-state index contributed by atoms with van der Waals surface area (Å²) in [4.78, 5) is 2.55. The maximum Gasteiger partial charge on any atom is 0.0626 e. The molecule has 0 aromatic heterocycles. The maximum atomic E-state index is 9.37. The summed E-state index contributed by atoms with van der Waals surface area (Å²) in [6.07, 6.45) is 3.79. The highest BCUT2D eigenvalue weighted by Gasteiger charge is 2.45. The van der Waals surface area contributed by atoms with Crippen LogP contribution in [0.3, 0.4) is 0 Å². The molecule has 1 saturated heterocycles. The minimum absolute atomic E-state index is 0.0258. The van der Waals surface area contributed by atoms with E-state index < -0.39 is 0 Å². The summed E-state index contributed by atoms with van der Waals surface area (Å²) in [6.45, 7) is 3.55. The first-order valence-corrected chi connectivity index (χ1v) is 5.26. The number of nitrogens with one attached hydrogen (secondary N) is 1. The van der Waals surface area contributed by atoms with Crippen LogP contribution >= 0.6 is 0 Å². The number of likely N-dealkylation sites (tertiary alicyclic amines) is 1. The van der Waals surface area contributed by atoms with Crippen molar-refractivity contribution in [3.63, 3.8) is 0 Å². The van der Waals surface area contributed by atoms with E-state index in [0.717, 1.165) is 19.0 Å². The van der Waals surface area contributed by atoms with Gasteiger partial charge in [0.1, 0.15) is 0 Å². The number of likely N-dealkylation sites (N-methyl/N-ethyl adjacent to an activating group) is 1. The lowest BCUT2D eigenvalue weighted by atomic mass is 9.98. The molecule has 76 valence electrons. The van der Waals surface area contributed by atoms with Gasteiger partial charge in [0.2, 0.25) is 0 Å². The van der Waals surface area contributed by atoms with Crippen molar-refractivity contribution in [3.8, 4) is 0 Å². The summed E-state index contributed by atoms with van der Waals surface area (Å²) in [5.41, 5.74) is -0.0258. The summed E-state index contributed by atoms with van der Waals surface area (Å²) >= 11 is 0. The average molecular weight is 184 g/mol. The molecule has 2 rings (SSSR count). The molecule has 0 spiro atoms. The molecule has 0 radical (unpaired) electrons. The molecule has 3 nitrogen and oxygen atoms in total. The van der Waals surface area contributed by atoms with Crippen LogP contribution in [0.15, 0.2) is 0 Å². The summed E-state index contributed by atoms with van der Waals surface area (Å²) in [5.74, 6) is 0. The molecule has 0 aromatic rings. The molecule has 1 saturated carbocycles. The van der Waals surface area contributed by atoms with Gasteiger partial charge in [-0.3, -0.25) is 4.90 Å². The third kappa shape index (κ3) is 1.60. The first-order chi connectivity index (χ1) is 6.21. The van der Waals surface area contributed by atoms with E-state index in [1.54, 1.807) is 0 Å². The Hall–Kier alpha value is -0.120. The third-order valence-corrected chi connectivity index (χ3v) is 3.59. The van der Waals surface area contributed by atoms with Gasteiger partial charge in [-0.15, -0.1) is 0 Å². The lowest BCUT2D eigenvalue weighted by molar-refractivity contribution is 0.165. The van der Waals surface area contributed by atoms with Crippen molar-refractivity contribution in [2.24, 2.45) is 0 Å². The van der Waals surface area contributed by atoms with Gasteiger partial charge in [0.25, 0.3) is 0 Å². The Labute approximate surface area is 80.1 Å². The van der Waals surface area contributed by atoms with E-state index in [9.17, 15) is 5.11 Å². The number of hydrogen-bond acceptors (Lipinski definition) is 3. The van der Waals surface area contributed by atoms with Crippen molar-refractivity contribution in [1.29, 1.82) is 0 Å². The van der Waals surface area contributed by atoms with Crippen LogP contribution in [0.2, 0.25) is 0 Å². The monoisotopic (exact) mass is 184 g/mol. The molecule has 0 amide bonds. The van der Waals surface area contributed by atoms with Crippen molar-refractivity contribution in [1.82, 2.24) is 10.2 Å². The number of aliphatic hydroxyl groups is 1. The van der Waals surface area contributed by atoms with E-state index >= 15 is 0 Å². The van der Waals surface area contributed by atoms with Crippen LogP contribution in [0.4, 0.5) is 0 Å². The van der Waals surface area contributed by atoms with Crippen LogP contribution in [0.25, 0.3) is 0 Å². The SMILES string of the molecule is CNC1(CO)CC(C)N(C2CC2)C1. The Balaban J connectivity index is 2.03. The lowest BCUT2D eigenvalue weighted by Crippen LogP contribution is -2.48. The fraction of sp³-hybridized carbons (Fsp3) is 1.00. The molecule has 13 heavy (non-hydrogen) atoms. The van der Waals surface area contributed by atoms with Gasteiger partial charge in [0.05, 0.1) is 12.1 Å². The number of hydrogen-bond donors (Lipinski definition) is 2. The van der Waals surface area contributed by atoms with Crippen LogP contribution in [0.1, 0.15) is 26.2 Å². The maximum absolute atomic E-state index is 9.37.